The lowest BCUT2D eigenvalue weighted by molar-refractivity contribution is -0.0650. The molecule has 0 aromatic heterocycles. The van der Waals surface area contributed by atoms with Crippen LogP contribution in [-0.2, 0) is 34.0 Å². The van der Waals surface area contributed by atoms with E-state index >= 15 is 0 Å². The van der Waals surface area contributed by atoms with Crippen LogP contribution in [0.2, 0.25) is 0 Å². The fourth-order valence-corrected chi connectivity index (χ4v) is 5.41. The maximum Gasteiger partial charge on any atom is 0.335 e. The number of rotatable bonds is 16. The maximum atomic E-state index is 11.2. The molecule has 1 heterocycles. The van der Waals surface area contributed by atoms with Gasteiger partial charge in [-0.2, -0.15) is 0 Å². The molecule has 0 spiro atoms. The summed E-state index contributed by atoms with van der Waals surface area (Å²) in [5, 5.41) is 21.9. The van der Waals surface area contributed by atoms with Crippen molar-refractivity contribution in [2.45, 2.75) is 44.4 Å². The second-order valence-electron chi connectivity index (χ2n) is 11.2. The van der Waals surface area contributed by atoms with Crippen molar-refractivity contribution in [2.24, 2.45) is 0 Å². The third kappa shape index (κ3) is 10.6. The first-order valence-electron chi connectivity index (χ1n) is 15.4. The molecule has 1 aliphatic rings. The van der Waals surface area contributed by atoms with E-state index in [1.54, 1.807) is 48.5 Å². The highest BCUT2D eigenvalue weighted by Gasteiger charge is 2.36. The van der Waals surface area contributed by atoms with Crippen LogP contribution >= 0.6 is 12.4 Å². The third-order valence-corrected chi connectivity index (χ3v) is 7.90. The highest BCUT2D eigenvalue weighted by atomic mass is 35.5. The molecule has 4 aromatic rings. The van der Waals surface area contributed by atoms with Crippen LogP contribution in [-0.4, -0.2) is 60.7 Å². The number of hydrogen-bond donors (Lipinski definition) is 3. The van der Waals surface area contributed by atoms with Crippen LogP contribution in [0.3, 0.4) is 0 Å². The van der Waals surface area contributed by atoms with Gasteiger partial charge in [-0.1, -0.05) is 66.7 Å². The summed E-state index contributed by atoms with van der Waals surface area (Å²) in [4.78, 5) is 22.5. The molecular weight excluding hydrogens is 622 g/mol. The van der Waals surface area contributed by atoms with Gasteiger partial charge in [0.2, 0.25) is 0 Å². The van der Waals surface area contributed by atoms with Crippen molar-refractivity contribution >= 4 is 24.3 Å². The largest absolute Gasteiger partial charge is 0.494 e. The van der Waals surface area contributed by atoms with Crippen LogP contribution in [0, 0.1) is 0 Å². The first kappa shape index (κ1) is 35.6. The molecule has 10 heteroatoms. The van der Waals surface area contributed by atoms with Crippen molar-refractivity contribution in [3.8, 4) is 5.75 Å². The van der Waals surface area contributed by atoms with E-state index in [0.29, 0.717) is 46.1 Å². The number of carbonyl (C=O) groups is 2. The first-order chi connectivity index (χ1) is 22.5. The van der Waals surface area contributed by atoms with Crippen LogP contribution < -0.4 is 10.1 Å². The molecule has 1 saturated heterocycles. The number of carboxylic acids is 2. The molecule has 5 rings (SSSR count). The molecule has 4 aromatic carbocycles. The van der Waals surface area contributed by atoms with E-state index in [1.165, 1.54) is 0 Å². The SMILES string of the molecule is Cl.O=C(O)c1ccc(CO[C@H]2CNC[C@@H](OCc3ccc(C(=O)O)cc3)C2c2ccc(OCCCOCc3ccccc3)cc2)cc1. The molecule has 0 saturated carbocycles. The Morgan fingerprint density at radius 1 is 0.638 bits per heavy atom. The van der Waals surface area contributed by atoms with Gasteiger partial charge in [-0.25, -0.2) is 9.59 Å². The van der Waals surface area contributed by atoms with Crippen molar-refractivity contribution in [2.75, 3.05) is 26.3 Å². The van der Waals surface area contributed by atoms with Crippen molar-refractivity contribution in [1.29, 1.82) is 0 Å². The summed E-state index contributed by atoms with van der Waals surface area (Å²) in [6, 6.07) is 31.5. The summed E-state index contributed by atoms with van der Waals surface area (Å²) in [6.07, 6.45) is 0.330. The van der Waals surface area contributed by atoms with Gasteiger partial charge < -0.3 is 34.5 Å². The fraction of sp³-hybridized carbons (Fsp3) is 0.297. The molecule has 0 bridgehead atoms. The molecule has 3 atom stereocenters. The number of halogens is 1. The zero-order chi connectivity index (χ0) is 32.1. The zero-order valence-corrected chi connectivity index (χ0v) is 26.8. The first-order valence-corrected chi connectivity index (χ1v) is 15.4. The quantitative estimate of drug-likeness (QED) is 0.118. The van der Waals surface area contributed by atoms with Gasteiger partial charge in [0.1, 0.15) is 5.75 Å². The average Bonchev–Trinajstić information content (AvgIpc) is 3.09. The van der Waals surface area contributed by atoms with Gasteiger partial charge in [-0.3, -0.25) is 0 Å². The van der Waals surface area contributed by atoms with E-state index in [-0.39, 0.29) is 41.7 Å². The number of carboxylic acid groups (broad SMARTS) is 2. The van der Waals surface area contributed by atoms with Gasteiger partial charge in [0.05, 0.1) is 56.4 Å². The highest BCUT2D eigenvalue weighted by Crippen LogP contribution is 2.32. The van der Waals surface area contributed by atoms with E-state index in [2.05, 4.69) is 5.32 Å². The lowest BCUT2D eigenvalue weighted by Gasteiger charge is -2.39. The Bertz CT molecular complexity index is 1460. The second-order valence-corrected chi connectivity index (χ2v) is 11.2. The maximum absolute atomic E-state index is 11.2. The van der Waals surface area contributed by atoms with Gasteiger partial charge in [-0.05, 0) is 58.7 Å². The zero-order valence-electron chi connectivity index (χ0n) is 26.0. The molecule has 0 radical (unpaired) electrons. The Labute approximate surface area is 280 Å². The van der Waals surface area contributed by atoms with Crippen LogP contribution in [0.4, 0.5) is 0 Å². The number of benzene rings is 4. The molecule has 47 heavy (non-hydrogen) atoms. The molecule has 0 amide bonds. The van der Waals surface area contributed by atoms with E-state index in [1.807, 2.05) is 54.6 Å². The van der Waals surface area contributed by atoms with E-state index in [9.17, 15) is 19.8 Å². The molecule has 3 N–H and O–H groups in total. The summed E-state index contributed by atoms with van der Waals surface area (Å²) >= 11 is 0. The van der Waals surface area contributed by atoms with Crippen LogP contribution in [0.15, 0.2) is 103 Å². The molecule has 0 aliphatic carbocycles. The minimum atomic E-state index is -0.967. The summed E-state index contributed by atoms with van der Waals surface area (Å²) in [6.45, 7) is 3.61. The molecule has 1 unspecified atom stereocenters. The van der Waals surface area contributed by atoms with E-state index in [4.69, 9.17) is 18.9 Å². The van der Waals surface area contributed by atoms with Gasteiger partial charge in [0.15, 0.2) is 0 Å². The minimum absolute atomic E-state index is 0. The molecule has 1 fully saturated rings. The van der Waals surface area contributed by atoms with Crippen LogP contribution in [0.5, 0.6) is 5.75 Å². The summed E-state index contributed by atoms with van der Waals surface area (Å²) in [5.41, 5.74) is 4.41. The average molecular weight is 662 g/mol. The second kappa shape index (κ2) is 18.2. The molecular formula is C37H40ClNO8. The van der Waals surface area contributed by atoms with Gasteiger partial charge in [0, 0.05) is 25.4 Å². The minimum Gasteiger partial charge on any atom is -0.494 e. The Kier molecular flexibility index (Phi) is 13.8. The summed E-state index contributed by atoms with van der Waals surface area (Å²) in [7, 11) is 0. The molecule has 9 nitrogen and oxygen atoms in total. The number of aromatic carboxylic acids is 2. The van der Waals surface area contributed by atoms with Crippen molar-refractivity contribution in [1.82, 2.24) is 5.32 Å². The summed E-state index contributed by atoms with van der Waals surface area (Å²) < 4.78 is 24.6. The Morgan fingerprint density at radius 3 is 1.66 bits per heavy atom. The third-order valence-electron chi connectivity index (χ3n) is 7.90. The van der Waals surface area contributed by atoms with Crippen molar-refractivity contribution in [3.63, 3.8) is 0 Å². The lowest BCUT2D eigenvalue weighted by Crippen LogP contribution is -2.50. The highest BCUT2D eigenvalue weighted by molar-refractivity contribution is 5.88. The number of piperidine rings is 1. The molecule has 248 valence electrons. The Hall–Kier alpha value is -4.25. The van der Waals surface area contributed by atoms with E-state index in [0.717, 1.165) is 34.4 Å². The Morgan fingerprint density at radius 2 is 1.15 bits per heavy atom. The number of hydrogen-bond acceptors (Lipinski definition) is 7. The monoisotopic (exact) mass is 661 g/mol. The predicted octanol–water partition coefficient (Wildman–Crippen LogP) is 6.35. The number of nitrogens with one attached hydrogen (secondary N) is 1. The molecule has 1 aliphatic heterocycles. The van der Waals surface area contributed by atoms with Gasteiger partial charge in [-0.15, -0.1) is 12.4 Å². The van der Waals surface area contributed by atoms with Crippen molar-refractivity contribution in [3.05, 3.63) is 137 Å². The van der Waals surface area contributed by atoms with Gasteiger partial charge >= 0.3 is 11.9 Å². The smallest absolute Gasteiger partial charge is 0.335 e. The fourth-order valence-electron chi connectivity index (χ4n) is 5.41. The number of ether oxygens (including phenoxy) is 4. The van der Waals surface area contributed by atoms with E-state index < -0.39 is 11.9 Å². The summed E-state index contributed by atoms with van der Waals surface area (Å²) in [5.74, 6) is -1.26. The Balaban J connectivity index is 0.00000500. The van der Waals surface area contributed by atoms with Gasteiger partial charge in [0.25, 0.3) is 0 Å². The predicted molar refractivity (Wildman–Crippen MR) is 179 cm³/mol. The topological polar surface area (TPSA) is 124 Å². The lowest BCUT2D eigenvalue weighted by atomic mass is 9.85. The van der Waals surface area contributed by atoms with Crippen LogP contribution in [0.25, 0.3) is 0 Å². The van der Waals surface area contributed by atoms with Crippen molar-refractivity contribution < 1.29 is 38.7 Å². The normalized spacial score (nSPS) is 17.4. The standard InChI is InChI=1S/C37H39NO8.ClH/c39-36(40)30-11-7-27(8-12-30)24-45-33-21-38-22-34(46-25-28-9-13-31(14-10-28)37(41)42)35(33)29-15-17-32(18-16-29)44-20-4-19-43-23-26-5-2-1-3-6-26;/h1-3,5-18,33-35,38H,4,19-25H2,(H,39,40)(H,41,42);1H/t33-,34+,35?;. The van der Waals surface area contributed by atoms with Crippen LogP contribution in [0.1, 0.15) is 55.3 Å².